The molecule has 1 aromatic heterocycles. The second-order valence-electron chi connectivity index (χ2n) is 5.17. The minimum absolute atomic E-state index is 0.288. The Morgan fingerprint density at radius 3 is 2.83 bits per heavy atom. The third-order valence-corrected chi connectivity index (χ3v) is 4.07. The molecule has 1 fully saturated rings. The zero-order chi connectivity index (χ0) is 12.7. The Morgan fingerprint density at radius 2 is 2.06 bits per heavy atom. The molecule has 1 aromatic carbocycles. The molecule has 3 unspecified atom stereocenters. The highest BCUT2D eigenvalue weighted by Crippen LogP contribution is 2.33. The molecule has 18 heavy (non-hydrogen) atoms. The number of para-hydroxylation sites is 1. The number of nitrogens with zero attached hydrogens (tertiary/aromatic N) is 1. The number of aryl methyl sites for hydroxylation is 1. The van der Waals surface area contributed by atoms with E-state index >= 15 is 0 Å². The van der Waals surface area contributed by atoms with Gasteiger partial charge in [-0.05, 0) is 25.1 Å². The van der Waals surface area contributed by atoms with Gasteiger partial charge in [0.2, 0.25) is 0 Å². The van der Waals surface area contributed by atoms with E-state index < -0.39 is 0 Å². The van der Waals surface area contributed by atoms with Crippen molar-refractivity contribution >= 4 is 10.9 Å². The normalized spacial score (nSPS) is 28.1. The maximum atomic E-state index is 5.92. The van der Waals surface area contributed by atoms with E-state index in [2.05, 4.69) is 59.9 Å². The molecule has 0 saturated carbocycles. The number of nitrogens with two attached hydrogens (primary N) is 1. The largest absolute Gasteiger partial charge is 0.350 e. The van der Waals surface area contributed by atoms with Crippen LogP contribution < -0.4 is 16.6 Å². The molecule has 0 bridgehead atoms. The van der Waals surface area contributed by atoms with E-state index in [9.17, 15) is 0 Å². The van der Waals surface area contributed by atoms with Crippen LogP contribution in [0, 0.1) is 5.92 Å². The smallest absolute Gasteiger partial charge is 0.0539 e. The van der Waals surface area contributed by atoms with Crippen molar-refractivity contribution < 1.29 is 0 Å². The van der Waals surface area contributed by atoms with Crippen LogP contribution in [0.15, 0.2) is 30.5 Å². The molecule has 4 N–H and O–H groups in total. The summed E-state index contributed by atoms with van der Waals surface area (Å²) in [7, 11) is 2.09. The minimum atomic E-state index is 0.288. The average molecular weight is 244 g/mol. The Hall–Kier alpha value is -1.36. The molecule has 0 spiro atoms. The molecule has 3 atom stereocenters. The zero-order valence-corrected chi connectivity index (χ0v) is 10.9. The summed E-state index contributed by atoms with van der Waals surface area (Å²) < 4.78 is 2.18. The highest BCUT2D eigenvalue weighted by Gasteiger charge is 2.34. The highest BCUT2D eigenvalue weighted by molar-refractivity contribution is 5.84. The Labute approximate surface area is 107 Å². The minimum Gasteiger partial charge on any atom is -0.350 e. The van der Waals surface area contributed by atoms with Crippen LogP contribution >= 0.6 is 0 Å². The lowest BCUT2D eigenvalue weighted by molar-refractivity contribution is 0.446. The molecule has 1 aliphatic rings. The van der Waals surface area contributed by atoms with Crippen molar-refractivity contribution in [1.82, 2.24) is 15.4 Å². The van der Waals surface area contributed by atoms with Crippen LogP contribution in [0.2, 0.25) is 0 Å². The standard InChI is InChI=1S/C14H20N4/c1-9-11(7-15)14(17-16-9)12-8-18(2)13-6-4-3-5-10(12)13/h3-6,8-9,11,14,16-17H,7,15H2,1-2H3. The van der Waals surface area contributed by atoms with Gasteiger partial charge in [-0.25, -0.2) is 5.43 Å². The van der Waals surface area contributed by atoms with Crippen LogP contribution in [0.1, 0.15) is 18.5 Å². The molecule has 3 rings (SSSR count). The van der Waals surface area contributed by atoms with Crippen molar-refractivity contribution in [2.75, 3.05) is 6.54 Å². The molecule has 4 nitrogen and oxygen atoms in total. The summed E-state index contributed by atoms with van der Waals surface area (Å²) >= 11 is 0. The van der Waals surface area contributed by atoms with Crippen molar-refractivity contribution in [3.63, 3.8) is 0 Å². The Balaban J connectivity index is 2.09. The first-order valence-electron chi connectivity index (χ1n) is 6.47. The van der Waals surface area contributed by atoms with Crippen LogP contribution in [0.5, 0.6) is 0 Å². The number of fused-ring (bicyclic) bond motifs is 1. The first-order chi connectivity index (χ1) is 8.72. The van der Waals surface area contributed by atoms with E-state index in [-0.39, 0.29) is 6.04 Å². The Bertz CT molecular complexity index is 560. The number of benzene rings is 1. The summed E-state index contributed by atoms with van der Waals surface area (Å²) in [5.41, 5.74) is 15.2. The summed E-state index contributed by atoms with van der Waals surface area (Å²) in [6, 6.07) is 9.20. The number of rotatable bonds is 2. The van der Waals surface area contributed by atoms with Gasteiger partial charge in [0.15, 0.2) is 0 Å². The molecular weight excluding hydrogens is 224 g/mol. The molecular formula is C14H20N4. The summed E-state index contributed by atoms with van der Waals surface area (Å²) in [5.74, 6) is 0.427. The first-order valence-corrected chi connectivity index (χ1v) is 6.47. The van der Waals surface area contributed by atoms with Crippen LogP contribution in [-0.4, -0.2) is 17.2 Å². The van der Waals surface area contributed by atoms with E-state index in [0.717, 1.165) is 0 Å². The van der Waals surface area contributed by atoms with Crippen LogP contribution in [0.4, 0.5) is 0 Å². The monoisotopic (exact) mass is 244 g/mol. The van der Waals surface area contributed by atoms with Crippen molar-refractivity contribution in [2.24, 2.45) is 18.7 Å². The molecule has 0 amide bonds. The summed E-state index contributed by atoms with van der Waals surface area (Å²) in [5, 5.41) is 1.31. The second-order valence-corrected chi connectivity index (χ2v) is 5.17. The number of nitrogens with one attached hydrogen (secondary N) is 2. The van der Waals surface area contributed by atoms with Gasteiger partial charge in [0.1, 0.15) is 0 Å². The molecule has 96 valence electrons. The van der Waals surface area contributed by atoms with E-state index in [4.69, 9.17) is 5.73 Å². The third-order valence-electron chi connectivity index (χ3n) is 4.07. The SMILES string of the molecule is CC1NNC(c2cn(C)c3ccccc23)C1CN. The van der Waals surface area contributed by atoms with E-state index in [1.165, 1.54) is 16.5 Å². The van der Waals surface area contributed by atoms with Gasteiger partial charge >= 0.3 is 0 Å². The number of hydrogen-bond donors (Lipinski definition) is 3. The Kier molecular flexibility index (Phi) is 2.86. The van der Waals surface area contributed by atoms with Crippen LogP contribution in [0.3, 0.4) is 0 Å². The lowest BCUT2D eigenvalue weighted by Gasteiger charge is -2.18. The van der Waals surface area contributed by atoms with Crippen molar-refractivity contribution in [3.8, 4) is 0 Å². The van der Waals surface area contributed by atoms with Crippen molar-refractivity contribution in [3.05, 3.63) is 36.0 Å². The summed E-state index contributed by atoms with van der Waals surface area (Å²) in [6.07, 6.45) is 2.21. The van der Waals surface area contributed by atoms with Crippen LogP contribution in [0.25, 0.3) is 10.9 Å². The molecule has 4 heteroatoms. The van der Waals surface area contributed by atoms with Gasteiger partial charge in [-0.3, -0.25) is 5.43 Å². The molecule has 2 aromatic rings. The van der Waals surface area contributed by atoms with E-state index in [0.29, 0.717) is 18.5 Å². The quantitative estimate of drug-likeness (QED) is 0.746. The second kappa shape index (κ2) is 4.39. The van der Waals surface area contributed by atoms with Gasteiger partial charge in [-0.1, -0.05) is 18.2 Å². The topological polar surface area (TPSA) is 55.0 Å². The first kappa shape index (κ1) is 11.7. The fraction of sp³-hybridized carbons (Fsp3) is 0.429. The third kappa shape index (κ3) is 1.65. The molecule has 1 saturated heterocycles. The predicted molar refractivity (Wildman–Crippen MR) is 73.9 cm³/mol. The molecule has 1 aliphatic heterocycles. The maximum Gasteiger partial charge on any atom is 0.0539 e. The average Bonchev–Trinajstić information content (AvgIpc) is 2.91. The Morgan fingerprint density at radius 1 is 1.28 bits per heavy atom. The van der Waals surface area contributed by atoms with Gasteiger partial charge in [0.05, 0.1) is 6.04 Å². The van der Waals surface area contributed by atoms with E-state index in [1.807, 2.05) is 0 Å². The van der Waals surface area contributed by atoms with Crippen LogP contribution in [-0.2, 0) is 7.05 Å². The lowest BCUT2D eigenvalue weighted by Crippen LogP contribution is -2.30. The molecule has 0 radical (unpaired) electrons. The summed E-state index contributed by atoms with van der Waals surface area (Å²) in [4.78, 5) is 0. The lowest BCUT2D eigenvalue weighted by atomic mass is 9.90. The predicted octanol–water partition coefficient (Wildman–Crippen LogP) is 1.29. The van der Waals surface area contributed by atoms with Gasteiger partial charge in [-0.15, -0.1) is 0 Å². The van der Waals surface area contributed by atoms with Gasteiger partial charge < -0.3 is 10.3 Å². The fourth-order valence-corrected chi connectivity index (χ4v) is 2.99. The van der Waals surface area contributed by atoms with Gasteiger partial charge in [-0.2, -0.15) is 0 Å². The summed E-state index contributed by atoms with van der Waals surface area (Å²) in [6.45, 7) is 2.87. The number of hydrazine groups is 1. The number of hydrogen-bond acceptors (Lipinski definition) is 3. The van der Waals surface area contributed by atoms with Crippen molar-refractivity contribution in [1.29, 1.82) is 0 Å². The van der Waals surface area contributed by atoms with Gasteiger partial charge in [0, 0.05) is 36.1 Å². The molecule has 2 heterocycles. The molecule has 0 aliphatic carbocycles. The van der Waals surface area contributed by atoms with Gasteiger partial charge in [0.25, 0.3) is 0 Å². The fourth-order valence-electron chi connectivity index (χ4n) is 2.99. The highest BCUT2D eigenvalue weighted by atomic mass is 15.4. The van der Waals surface area contributed by atoms with E-state index in [1.54, 1.807) is 0 Å². The number of aromatic nitrogens is 1. The maximum absolute atomic E-state index is 5.92. The zero-order valence-electron chi connectivity index (χ0n) is 10.9. The van der Waals surface area contributed by atoms with Crippen molar-refractivity contribution in [2.45, 2.75) is 19.0 Å².